The van der Waals surface area contributed by atoms with E-state index < -0.39 is 10.1 Å². The van der Waals surface area contributed by atoms with Crippen LogP contribution in [0.4, 0.5) is 5.69 Å². The summed E-state index contributed by atoms with van der Waals surface area (Å²) in [5.41, 5.74) is 0.896. The molecular weight excluding hydrogens is 314 g/mol. The number of hydrogen-bond acceptors (Lipinski definition) is 4. The lowest BCUT2D eigenvalue weighted by atomic mass is 10.1. The van der Waals surface area contributed by atoms with E-state index in [2.05, 4.69) is 4.99 Å². The van der Waals surface area contributed by atoms with Crippen molar-refractivity contribution in [3.8, 4) is 5.75 Å². The third-order valence-corrected chi connectivity index (χ3v) is 4.30. The van der Waals surface area contributed by atoms with Crippen LogP contribution in [0.5, 0.6) is 5.75 Å². The van der Waals surface area contributed by atoms with Gasteiger partial charge in [-0.1, -0.05) is 36.4 Å². The molecule has 0 spiro atoms. The van der Waals surface area contributed by atoms with Crippen LogP contribution in [-0.2, 0) is 10.1 Å². The molecule has 0 aliphatic heterocycles. The van der Waals surface area contributed by atoms with E-state index in [0.29, 0.717) is 22.0 Å². The van der Waals surface area contributed by atoms with Gasteiger partial charge in [-0.15, -0.1) is 0 Å². The van der Waals surface area contributed by atoms with E-state index in [1.54, 1.807) is 48.5 Å². The molecule has 2 N–H and O–H groups in total. The molecule has 0 aromatic heterocycles. The Morgan fingerprint density at radius 2 is 1.61 bits per heavy atom. The Kier molecular flexibility index (Phi) is 3.85. The molecule has 0 aliphatic rings. The molecule has 5 nitrogen and oxygen atoms in total. The van der Waals surface area contributed by atoms with Gasteiger partial charge >= 0.3 is 0 Å². The zero-order valence-electron chi connectivity index (χ0n) is 11.9. The lowest BCUT2D eigenvalue weighted by molar-refractivity contribution is 0.474. The normalized spacial score (nSPS) is 12.0. The van der Waals surface area contributed by atoms with Gasteiger partial charge in [0.2, 0.25) is 0 Å². The van der Waals surface area contributed by atoms with Crippen molar-refractivity contribution in [3.63, 3.8) is 0 Å². The molecule has 0 saturated heterocycles. The lowest BCUT2D eigenvalue weighted by Crippen LogP contribution is -1.99. The SMILES string of the molecule is O=S(=O)(O)c1cccc2cccc(/N=C/c3ccccc3O)c12. The summed E-state index contributed by atoms with van der Waals surface area (Å²) in [6, 6.07) is 16.4. The van der Waals surface area contributed by atoms with Crippen LogP contribution in [0.2, 0.25) is 0 Å². The van der Waals surface area contributed by atoms with Crippen LogP contribution in [0.3, 0.4) is 0 Å². The molecule has 0 saturated carbocycles. The number of benzene rings is 3. The van der Waals surface area contributed by atoms with Crippen LogP contribution in [0.25, 0.3) is 10.8 Å². The van der Waals surface area contributed by atoms with Gasteiger partial charge in [0.15, 0.2) is 0 Å². The summed E-state index contributed by atoms with van der Waals surface area (Å²) in [7, 11) is -4.37. The minimum atomic E-state index is -4.37. The number of aliphatic imine (C=N–C) groups is 1. The van der Waals surface area contributed by atoms with Crippen molar-refractivity contribution < 1.29 is 18.1 Å². The van der Waals surface area contributed by atoms with Gasteiger partial charge in [-0.2, -0.15) is 8.42 Å². The third kappa shape index (κ3) is 3.08. The third-order valence-electron chi connectivity index (χ3n) is 3.40. The molecule has 0 atom stereocenters. The second-order valence-corrected chi connectivity index (χ2v) is 6.31. The van der Waals surface area contributed by atoms with Gasteiger partial charge in [-0.3, -0.25) is 9.55 Å². The fourth-order valence-corrected chi connectivity index (χ4v) is 3.08. The quantitative estimate of drug-likeness (QED) is 0.569. The predicted molar refractivity (Wildman–Crippen MR) is 89.1 cm³/mol. The molecule has 0 amide bonds. The molecule has 0 heterocycles. The van der Waals surface area contributed by atoms with E-state index in [-0.39, 0.29) is 10.6 Å². The maximum Gasteiger partial charge on any atom is 0.295 e. The number of aromatic hydroxyl groups is 1. The van der Waals surface area contributed by atoms with Crippen LogP contribution >= 0.6 is 0 Å². The zero-order valence-corrected chi connectivity index (χ0v) is 12.7. The zero-order chi connectivity index (χ0) is 16.4. The molecule has 0 aliphatic carbocycles. The van der Waals surface area contributed by atoms with E-state index >= 15 is 0 Å². The molecule has 6 heteroatoms. The highest BCUT2D eigenvalue weighted by Crippen LogP contribution is 2.32. The van der Waals surface area contributed by atoms with Crippen molar-refractivity contribution in [2.75, 3.05) is 0 Å². The largest absolute Gasteiger partial charge is 0.507 e. The average molecular weight is 327 g/mol. The van der Waals surface area contributed by atoms with E-state index in [0.717, 1.165) is 0 Å². The topological polar surface area (TPSA) is 87.0 Å². The molecule has 0 unspecified atom stereocenters. The van der Waals surface area contributed by atoms with E-state index in [1.807, 2.05) is 0 Å². The molecule has 0 bridgehead atoms. The fourth-order valence-electron chi connectivity index (χ4n) is 2.35. The second kappa shape index (κ2) is 5.83. The second-order valence-electron chi connectivity index (χ2n) is 4.92. The van der Waals surface area contributed by atoms with Crippen LogP contribution in [0.15, 0.2) is 70.6 Å². The Labute approximate surface area is 133 Å². The summed E-state index contributed by atoms with van der Waals surface area (Å²) in [6.45, 7) is 0. The van der Waals surface area contributed by atoms with Gasteiger partial charge in [0, 0.05) is 17.2 Å². The smallest absolute Gasteiger partial charge is 0.295 e. The Morgan fingerprint density at radius 1 is 0.913 bits per heavy atom. The Bertz CT molecular complexity index is 1000. The lowest BCUT2D eigenvalue weighted by Gasteiger charge is -2.07. The summed E-state index contributed by atoms with van der Waals surface area (Å²) in [4.78, 5) is 4.08. The van der Waals surface area contributed by atoms with E-state index in [1.165, 1.54) is 18.3 Å². The van der Waals surface area contributed by atoms with E-state index in [4.69, 9.17) is 0 Å². The number of hydrogen-bond donors (Lipinski definition) is 2. The standard InChI is InChI=1S/C17H13NO4S/c19-15-9-2-1-5-13(15)11-18-14-8-3-6-12-7-4-10-16(17(12)14)23(20,21)22/h1-11,19H,(H,20,21,22)/b18-11+. The maximum atomic E-state index is 11.6. The summed E-state index contributed by atoms with van der Waals surface area (Å²) < 4.78 is 32.6. The number of phenols is 1. The van der Waals surface area contributed by atoms with Crippen molar-refractivity contribution in [1.29, 1.82) is 0 Å². The number of nitrogens with zero attached hydrogens (tertiary/aromatic N) is 1. The summed E-state index contributed by atoms with van der Waals surface area (Å²) in [6.07, 6.45) is 1.45. The molecule has 0 fully saturated rings. The van der Waals surface area contributed by atoms with Crippen molar-refractivity contribution in [1.82, 2.24) is 0 Å². The number of para-hydroxylation sites is 1. The Hall–Kier alpha value is -2.70. The van der Waals surface area contributed by atoms with Gasteiger partial charge in [-0.25, -0.2) is 0 Å². The van der Waals surface area contributed by atoms with Crippen molar-refractivity contribution in [3.05, 3.63) is 66.2 Å². The monoisotopic (exact) mass is 327 g/mol. The summed E-state index contributed by atoms with van der Waals surface area (Å²) in [5.74, 6) is 0.0755. The van der Waals surface area contributed by atoms with Gasteiger partial charge in [0.25, 0.3) is 10.1 Å². The van der Waals surface area contributed by atoms with Crippen molar-refractivity contribution in [2.45, 2.75) is 4.90 Å². The highest BCUT2D eigenvalue weighted by atomic mass is 32.2. The Morgan fingerprint density at radius 3 is 2.30 bits per heavy atom. The molecular formula is C17H13NO4S. The minimum absolute atomic E-state index is 0.0755. The molecule has 3 aromatic rings. The Balaban J connectivity index is 2.21. The van der Waals surface area contributed by atoms with Gasteiger partial charge in [0.05, 0.1) is 5.69 Å². The number of phenolic OH excluding ortho intramolecular Hbond substituents is 1. The molecule has 0 radical (unpaired) electrons. The number of rotatable bonds is 3. The van der Waals surface area contributed by atoms with Crippen LogP contribution < -0.4 is 0 Å². The first-order chi connectivity index (χ1) is 11.0. The fraction of sp³-hybridized carbons (Fsp3) is 0. The predicted octanol–water partition coefficient (Wildman–Crippen LogP) is 3.54. The molecule has 23 heavy (non-hydrogen) atoms. The van der Waals surface area contributed by atoms with Crippen LogP contribution in [0, 0.1) is 0 Å². The van der Waals surface area contributed by atoms with Crippen molar-refractivity contribution in [2.24, 2.45) is 4.99 Å². The van der Waals surface area contributed by atoms with E-state index in [9.17, 15) is 18.1 Å². The van der Waals surface area contributed by atoms with Gasteiger partial charge in [-0.05, 0) is 29.7 Å². The first kappa shape index (κ1) is 15.2. The first-order valence-electron chi connectivity index (χ1n) is 6.78. The average Bonchev–Trinajstić information content (AvgIpc) is 2.52. The molecule has 3 aromatic carbocycles. The van der Waals surface area contributed by atoms with Gasteiger partial charge in [0.1, 0.15) is 10.6 Å². The summed E-state index contributed by atoms with van der Waals surface area (Å²) >= 11 is 0. The maximum absolute atomic E-state index is 11.6. The first-order valence-corrected chi connectivity index (χ1v) is 8.22. The molecule has 3 rings (SSSR count). The molecule has 116 valence electrons. The highest BCUT2D eigenvalue weighted by Gasteiger charge is 2.16. The highest BCUT2D eigenvalue weighted by molar-refractivity contribution is 7.86. The van der Waals surface area contributed by atoms with Crippen LogP contribution in [0.1, 0.15) is 5.56 Å². The summed E-state index contributed by atoms with van der Waals surface area (Å²) in [5, 5.41) is 10.7. The number of fused-ring (bicyclic) bond motifs is 1. The van der Waals surface area contributed by atoms with Crippen molar-refractivity contribution >= 4 is 32.8 Å². The van der Waals surface area contributed by atoms with Gasteiger partial charge < -0.3 is 5.11 Å². The van der Waals surface area contributed by atoms with Crippen LogP contribution in [-0.4, -0.2) is 24.3 Å². The minimum Gasteiger partial charge on any atom is -0.507 e.